The zero-order valence-electron chi connectivity index (χ0n) is 10.7. The smallest absolute Gasteiger partial charge is 0.237 e. The van der Waals surface area contributed by atoms with E-state index in [0.29, 0.717) is 6.07 Å². The normalized spacial score (nSPS) is 13.5. The third-order valence-electron chi connectivity index (χ3n) is 2.95. The molecule has 1 nitrogen and oxygen atoms in total. The number of alkyl halides is 7. The van der Waals surface area contributed by atoms with Crippen LogP contribution in [0.5, 0.6) is 0 Å². The van der Waals surface area contributed by atoms with Crippen molar-refractivity contribution >= 4 is 0 Å². The van der Waals surface area contributed by atoms with Gasteiger partial charge in [0.05, 0.1) is 6.61 Å². The number of rotatable bonds is 6. The molecule has 0 amide bonds. The molecule has 0 fully saturated rings. The van der Waals surface area contributed by atoms with Crippen LogP contribution in [0, 0.1) is 0 Å². The van der Waals surface area contributed by atoms with E-state index >= 15 is 0 Å². The Morgan fingerprint density at radius 1 is 0.857 bits per heavy atom. The highest BCUT2D eigenvalue weighted by Crippen LogP contribution is 2.52. The molecule has 0 aliphatic heterocycles. The quantitative estimate of drug-likeness (QED) is 0.534. The number of hydrogen-bond donors (Lipinski definition) is 0. The number of benzene rings is 1. The number of unbranched alkanes of at least 4 members (excludes halogenated alkanes) is 1. The highest BCUT2D eigenvalue weighted by atomic mass is 19.4. The number of hydrogen-bond acceptors (Lipinski definition) is 0. The topological polar surface area (TPSA) is 19.9 Å². The van der Waals surface area contributed by atoms with Crippen LogP contribution >= 0.6 is 0 Å². The first-order valence-electron chi connectivity index (χ1n) is 6.04. The SMILES string of the molecule is [O]CCCCc1ccccc1C(F)(F)C(F)(F)C(F)(F)F. The van der Waals surface area contributed by atoms with Crippen LogP contribution in [0.3, 0.4) is 0 Å². The molecule has 1 rings (SSSR count). The Balaban J connectivity index is 3.19. The third-order valence-corrected chi connectivity index (χ3v) is 2.95. The van der Waals surface area contributed by atoms with Crippen LogP contribution < -0.4 is 0 Å². The maximum Gasteiger partial charge on any atom is 0.460 e. The van der Waals surface area contributed by atoms with E-state index in [1.54, 1.807) is 0 Å². The van der Waals surface area contributed by atoms with Crippen molar-refractivity contribution < 1.29 is 35.8 Å². The molecule has 0 aliphatic carbocycles. The summed E-state index contributed by atoms with van der Waals surface area (Å²) in [6, 6.07) is 3.83. The van der Waals surface area contributed by atoms with Crippen LogP contribution in [0.4, 0.5) is 30.7 Å². The predicted octanol–water partition coefficient (Wildman–Crippen LogP) is 4.73. The first-order chi connectivity index (χ1) is 9.55. The van der Waals surface area contributed by atoms with Gasteiger partial charge in [-0.3, -0.25) is 0 Å². The van der Waals surface area contributed by atoms with Gasteiger partial charge < -0.3 is 0 Å². The molecule has 1 radical (unpaired) electrons. The molecule has 119 valence electrons. The van der Waals surface area contributed by atoms with Crippen LogP contribution in [-0.4, -0.2) is 18.7 Å². The Morgan fingerprint density at radius 3 is 1.95 bits per heavy atom. The molecule has 0 bridgehead atoms. The van der Waals surface area contributed by atoms with E-state index in [1.807, 2.05) is 0 Å². The predicted molar refractivity (Wildman–Crippen MR) is 59.8 cm³/mol. The Hall–Kier alpha value is -1.31. The summed E-state index contributed by atoms with van der Waals surface area (Å²) in [5.41, 5.74) is -1.68. The number of halogens is 7. The minimum Gasteiger partial charge on any atom is -0.237 e. The number of aryl methyl sites for hydroxylation is 1. The van der Waals surface area contributed by atoms with Crippen LogP contribution in [0.2, 0.25) is 0 Å². The van der Waals surface area contributed by atoms with Gasteiger partial charge in [-0.05, 0) is 24.8 Å². The lowest BCUT2D eigenvalue weighted by Crippen LogP contribution is -2.50. The van der Waals surface area contributed by atoms with Crippen LogP contribution in [-0.2, 0) is 17.4 Å². The molecule has 0 saturated heterocycles. The maximum atomic E-state index is 13.7. The largest absolute Gasteiger partial charge is 0.460 e. The van der Waals surface area contributed by atoms with Crippen molar-refractivity contribution in [2.24, 2.45) is 0 Å². The molecular weight excluding hydrogens is 305 g/mol. The summed E-state index contributed by atoms with van der Waals surface area (Å²) in [5.74, 6) is -11.5. The molecule has 0 unspecified atom stereocenters. The van der Waals surface area contributed by atoms with Gasteiger partial charge >= 0.3 is 18.0 Å². The first kappa shape index (κ1) is 17.7. The van der Waals surface area contributed by atoms with Crippen molar-refractivity contribution in [1.82, 2.24) is 0 Å². The molecule has 0 atom stereocenters. The second kappa shape index (κ2) is 6.21. The fourth-order valence-electron chi connectivity index (χ4n) is 1.81. The van der Waals surface area contributed by atoms with Crippen LogP contribution in [0.15, 0.2) is 24.3 Å². The monoisotopic (exact) mass is 317 g/mol. The van der Waals surface area contributed by atoms with Gasteiger partial charge in [-0.1, -0.05) is 24.3 Å². The van der Waals surface area contributed by atoms with Crippen molar-refractivity contribution in [3.63, 3.8) is 0 Å². The third kappa shape index (κ3) is 3.48. The van der Waals surface area contributed by atoms with Gasteiger partial charge in [-0.2, -0.15) is 30.7 Å². The minimum atomic E-state index is -6.36. The Kier molecular flexibility index (Phi) is 5.25. The zero-order chi connectivity index (χ0) is 16.3. The van der Waals surface area contributed by atoms with E-state index in [0.717, 1.165) is 12.1 Å². The molecule has 21 heavy (non-hydrogen) atoms. The summed E-state index contributed by atoms with van der Waals surface area (Å²) in [7, 11) is 0. The molecule has 0 N–H and O–H groups in total. The minimum absolute atomic E-state index is 0.121. The highest BCUT2D eigenvalue weighted by Gasteiger charge is 2.73. The van der Waals surface area contributed by atoms with Gasteiger partial charge in [0.15, 0.2) is 0 Å². The standard InChI is InChI=1S/C13H12F7O/c14-11(15,12(16,17)13(18,19)20)10-7-2-1-5-9(10)6-3-4-8-21/h1-2,5,7H,3-4,6,8H2. The van der Waals surface area contributed by atoms with Gasteiger partial charge in [-0.25, -0.2) is 5.11 Å². The molecule has 0 spiro atoms. The van der Waals surface area contributed by atoms with Gasteiger partial charge in [0, 0.05) is 5.56 Å². The van der Waals surface area contributed by atoms with Gasteiger partial charge in [-0.15, -0.1) is 0 Å². The van der Waals surface area contributed by atoms with E-state index in [9.17, 15) is 35.8 Å². The first-order valence-corrected chi connectivity index (χ1v) is 6.04. The van der Waals surface area contributed by atoms with E-state index in [-0.39, 0.29) is 24.8 Å². The second-order valence-corrected chi connectivity index (χ2v) is 4.46. The van der Waals surface area contributed by atoms with E-state index in [4.69, 9.17) is 0 Å². The van der Waals surface area contributed by atoms with Crippen LogP contribution in [0.25, 0.3) is 0 Å². The summed E-state index contributed by atoms with van der Waals surface area (Å²) < 4.78 is 90.0. The van der Waals surface area contributed by atoms with Gasteiger partial charge in [0.1, 0.15) is 0 Å². The lowest BCUT2D eigenvalue weighted by Gasteiger charge is -2.29. The maximum absolute atomic E-state index is 13.7. The molecule has 0 aromatic heterocycles. The van der Waals surface area contributed by atoms with Crippen molar-refractivity contribution in [1.29, 1.82) is 0 Å². The van der Waals surface area contributed by atoms with Crippen LogP contribution in [0.1, 0.15) is 24.0 Å². The molecule has 1 aromatic rings. The Morgan fingerprint density at radius 2 is 1.43 bits per heavy atom. The van der Waals surface area contributed by atoms with E-state index in [2.05, 4.69) is 0 Å². The fourth-order valence-corrected chi connectivity index (χ4v) is 1.81. The summed E-state index contributed by atoms with van der Waals surface area (Å²) in [4.78, 5) is 0. The summed E-state index contributed by atoms with van der Waals surface area (Å²) in [5, 5.41) is 10.3. The lowest BCUT2D eigenvalue weighted by molar-refractivity contribution is -0.359. The van der Waals surface area contributed by atoms with Crippen molar-refractivity contribution in [3.05, 3.63) is 35.4 Å². The summed E-state index contributed by atoms with van der Waals surface area (Å²) >= 11 is 0. The average Bonchev–Trinajstić information content (AvgIpc) is 2.38. The molecule has 0 saturated carbocycles. The average molecular weight is 317 g/mol. The molecule has 0 heterocycles. The Bertz CT molecular complexity index is 468. The second-order valence-electron chi connectivity index (χ2n) is 4.46. The van der Waals surface area contributed by atoms with Crippen molar-refractivity contribution in [2.45, 2.75) is 37.3 Å². The van der Waals surface area contributed by atoms with Crippen molar-refractivity contribution in [2.75, 3.05) is 6.61 Å². The summed E-state index contributed by atoms with van der Waals surface area (Å²) in [6.07, 6.45) is -6.27. The summed E-state index contributed by atoms with van der Waals surface area (Å²) in [6.45, 7) is -0.475. The van der Waals surface area contributed by atoms with E-state index in [1.165, 1.54) is 6.07 Å². The molecule has 8 heteroatoms. The highest BCUT2D eigenvalue weighted by molar-refractivity contribution is 5.33. The molecule has 0 aliphatic rings. The fraction of sp³-hybridized carbons (Fsp3) is 0.538. The van der Waals surface area contributed by atoms with Crippen molar-refractivity contribution in [3.8, 4) is 0 Å². The van der Waals surface area contributed by atoms with Gasteiger partial charge in [0.2, 0.25) is 0 Å². The zero-order valence-corrected chi connectivity index (χ0v) is 10.7. The lowest BCUT2D eigenvalue weighted by atomic mass is 9.93. The van der Waals surface area contributed by atoms with E-state index < -0.39 is 30.2 Å². The molecule has 1 aromatic carbocycles. The van der Waals surface area contributed by atoms with Gasteiger partial charge in [0.25, 0.3) is 0 Å². The Labute approximate surface area is 116 Å². The molecular formula is C13H12F7O.